The van der Waals surface area contributed by atoms with Crippen molar-refractivity contribution in [3.63, 3.8) is 0 Å². The number of rotatable bonds is 2. The molecule has 0 bridgehead atoms. The van der Waals surface area contributed by atoms with Crippen LogP contribution in [0.25, 0.3) is 0 Å². The zero-order valence-corrected chi connectivity index (χ0v) is 9.44. The van der Waals surface area contributed by atoms with Gasteiger partial charge in [0, 0.05) is 0 Å². The summed E-state index contributed by atoms with van der Waals surface area (Å²) in [4.78, 5) is 11.7. The second-order valence-electron chi connectivity index (χ2n) is 4.50. The standard InChI is InChI=1S/C13H17NO2/c1-10-9-14-8-7-13(10,12(15)16)11-5-3-2-4-6-11/h2-6,10,14H,7-9H2,1H3,(H,15,16). The van der Waals surface area contributed by atoms with Crippen molar-refractivity contribution in [1.82, 2.24) is 5.32 Å². The topological polar surface area (TPSA) is 49.3 Å². The lowest BCUT2D eigenvalue weighted by molar-refractivity contribution is -0.147. The van der Waals surface area contributed by atoms with Gasteiger partial charge in [0.1, 0.15) is 0 Å². The van der Waals surface area contributed by atoms with Crippen molar-refractivity contribution >= 4 is 5.97 Å². The highest BCUT2D eigenvalue weighted by Crippen LogP contribution is 2.37. The van der Waals surface area contributed by atoms with Gasteiger partial charge in [-0.3, -0.25) is 4.79 Å². The summed E-state index contributed by atoms with van der Waals surface area (Å²) in [5.74, 6) is -0.589. The van der Waals surface area contributed by atoms with Gasteiger partial charge in [-0.15, -0.1) is 0 Å². The van der Waals surface area contributed by atoms with Crippen LogP contribution in [-0.4, -0.2) is 24.2 Å². The quantitative estimate of drug-likeness (QED) is 0.795. The Balaban J connectivity index is 2.46. The van der Waals surface area contributed by atoms with Crippen LogP contribution in [0.1, 0.15) is 18.9 Å². The third kappa shape index (κ3) is 1.61. The minimum absolute atomic E-state index is 0.112. The van der Waals surface area contributed by atoms with Crippen LogP contribution < -0.4 is 5.32 Å². The molecule has 1 fully saturated rings. The molecule has 2 N–H and O–H groups in total. The number of hydrogen-bond donors (Lipinski definition) is 2. The molecule has 0 saturated carbocycles. The molecule has 1 saturated heterocycles. The first-order valence-electron chi connectivity index (χ1n) is 5.67. The lowest BCUT2D eigenvalue weighted by atomic mass is 9.67. The molecule has 2 rings (SSSR count). The summed E-state index contributed by atoms with van der Waals surface area (Å²) in [6, 6.07) is 9.60. The highest BCUT2D eigenvalue weighted by atomic mass is 16.4. The molecule has 16 heavy (non-hydrogen) atoms. The Kier molecular flexibility index (Phi) is 2.97. The predicted molar refractivity (Wildman–Crippen MR) is 62.4 cm³/mol. The molecular weight excluding hydrogens is 202 g/mol. The van der Waals surface area contributed by atoms with Crippen LogP contribution in [0.3, 0.4) is 0 Å². The number of piperidine rings is 1. The van der Waals surface area contributed by atoms with Crippen LogP contribution in [0, 0.1) is 5.92 Å². The molecule has 86 valence electrons. The number of nitrogens with one attached hydrogen (secondary N) is 1. The van der Waals surface area contributed by atoms with E-state index in [1.54, 1.807) is 0 Å². The van der Waals surface area contributed by atoms with Gasteiger partial charge in [-0.05, 0) is 31.0 Å². The third-order valence-electron chi connectivity index (χ3n) is 3.66. The van der Waals surface area contributed by atoms with Gasteiger partial charge in [0.2, 0.25) is 0 Å². The van der Waals surface area contributed by atoms with Gasteiger partial charge >= 0.3 is 5.97 Å². The van der Waals surface area contributed by atoms with Gasteiger partial charge in [-0.2, -0.15) is 0 Å². The summed E-state index contributed by atoms with van der Waals surface area (Å²) in [6.45, 7) is 3.54. The summed E-state index contributed by atoms with van der Waals surface area (Å²) < 4.78 is 0. The second kappa shape index (κ2) is 4.26. The lowest BCUT2D eigenvalue weighted by Crippen LogP contribution is -2.51. The van der Waals surface area contributed by atoms with E-state index in [2.05, 4.69) is 5.32 Å². The van der Waals surface area contributed by atoms with Crippen molar-refractivity contribution in [2.45, 2.75) is 18.8 Å². The number of carboxylic acid groups (broad SMARTS) is 1. The fraction of sp³-hybridized carbons (Fsp3) is 0.462. The molecule has 0 spiro atoms. The van der Waals surface area contributed by atoms with E-state index in [-0.39, 0.29) is 5.92 Å². The summed E-state index contributed by atoms with van der Waals surface area (Å²) in [6.07, 6.45) is 0.660. The maximum atomic E-state index is 11.7. The summed E-state index contributed by atoms with van der Waals surface area (Å²) in [5, 5.41) is 12.8. The van der Waals surface area contributed by atoms with Gasteiger partial charge in [0.25, 0.3) is 0 Å². The Bertz CT molecular complexity index is 377. The van der Waals surface area contributed by atoms with Gasteiger partial charge in [-0.25, -0.2) is 0 Å². The molecule has 0 aliphatic carbocycles. The normalized spacial score (nSPS) is 29.9. The van der Waals surface area contributed by atoms with E-state index in [1.165, 1.54) is 0 Å². The van der Waals surface area contributed by atoms with Crippen molar-refractivity contribution in [3.05, 3.63) is 35.9 Å². The molecule has 0 aromatic heterocycles. The van der Waals surface area contributed by atoms with Crippen molar-refractivity contribution in [2.24, 2.45) is 5.92 Å². The molecule has 1 aromatic rings. The zero-order chi connectivity index (χ0) is 11.6. The molecule has 1 aromatic carbocycles. The van der Waals surface area contributed by atoms with Crippen molar-refractivity contribution in [3.8, 4) is 0 Å². The van der Waals surface area contributed by atoms with Crippen LogP contribution in [0.5, 0.6) is 0 Å². The zero-order valence-electron chi connectivity index (χ0n) is 9.44. The maximum Gasteiger partial charge on any atom is 0.314 e. The largest absolute Gasteiger partial charge is 0.481 e. The van der Waals surface area contributed by atoms with E-state index in [0.29, 0.717) is 6.42 Å². The monoisotopic (exact) mass is 219 g/mol. The minimum Gasteiger partial charge on any atom is -0.481 e. The molecule has 1 aliphatic heterocycles. The van der Waals surface area contributed by atoms with Crippen molar-refractivity contribution in [2.75, 3.05) is 13.1 Å². The number of aliphatic carboxylic acids is 1. The molecular formula is C13H17NO2. The minimum atomic E-state index is -0.716. The van der Waals surface area contributed by atoms with Crippen LogP contribution in [-0.2, 0) is 10.2 Å². The van der Waals surface area contributed by atoms with Gasteiger partial charge in [0.05, 0.1) is 5.41 Å². The molecule has 2 atom stereocenters. The maximum absolute atomic E-state index is 11.7. The average molecular weight is 219 g/mol. The average Bonchev–Trinajstić information content (AvgIpc) is 2.30. The van der Waals surface area contributed by atoms with Gasteiger partial charge in [-0.1, -0.05) is 37.3 Å². The number of hydrogen-bond acceptors (Lipinski definition) is 2. The second-order valence-corrected chi connectivity index (χ2v) is 4.50. The number of carbonyl (C=O) groups is 1. The highest BCUT2D eigenvalue weighted by molar-refractivity contribution is 5.82. The Morgan fingerprint density at radius 2 is 2.12 bits per heavy atom. The van der Waals surface area contributed by atoms with E-state index in [1.807, 2.05) is 37.3 Å². The molecule has 0 radical (unpaired) electrons. The van der Waals surface area contributed by atoms with E-state index < -0.39 is 11.4 Å². The third-order valence-corrected chi connectivity index (χ3v) is 3.66. The van der Waals surface area contributed by atoms with Crippen LogP contribution >= 0.6 is 0 Å². The Labute approximate surface area is 95.5 Å². The molecule has 3 heteroatoms. The molecule has 3 nitrogen and oxygen atoms in total. The smallest absolute Gasteiger partial charge is 0.314 e. The summed E-state index contributed by atoms with van der Waals surface area (Å²) >= 11 is 0. The fourth-order valence-electron chi connectivity index (χ4n) is 2.63. The van der Waals surface area contributed by atoms with E-state index in [4.69, 9.17) is 0 Å². The van der Waals surface area contributed by atoms with Gasteiger partial charge < -0.3 is 10.4 Å². The molecule has 1 aliphatic rings. The van der Waals surface area contributed by atoms with E-state index >= 15 is 0 Å². The first-order valence-corrected chi connectivity index (χ1v) is 5.67. The first-order chi connectivity index (χ1) is 7.68. The Morgan fingerprint density at radius 3 is 2.69 bits per heavy atom. The van der Waals surface area contributed by atoms with Gasteiger partial charge in [0.15, 0.2) is 0 Å². The predicted octanol–water partition coefficient (Wildman–Crippen LogP) is 1.64. The van der Waals surface area contributed by atoms with Crippen molar-refractivity contribution < 1.29 is 9.90 Å². The lowest BCUT2D eigenvalue weighted by Gasteiger charge is -2.39. The molecule has 2 unspecified atom stereocenters. The number of benzene rings is 1. The van der Waals surface area contributed by atoms with E-state index in [0.717, 1.165) is 18.7 Å². The summed E-state index contributed by atoms with van der Waals surface area (Å²) in [7, 11) is 0. The summed E-state index contributed by atoms with van der Waals surface area (Å²) in [5.41, 5.74) is 0.212. The SMILES string of the molecule is CC1CNCCC1(C(=O)O)c1ccccc1. The van der Waals surface area contributed by atoms with E-state index in [9.17, 15) is 9.90 Å². The van der Waals surface area contributed by atoms with Crippen LogP contribution in [0.15, 0.2) is 30.3 Å². The fourth-order valence-corrected chi connectivity index (χ4v) is 2.63. The molecule has 0 amide bonds. The Morgan fingerprint density at radius 1 is 1.44 bits per heavy atom. The van der Waals surface area contributed by atoms with Crippen LogP contribution in [0.2, 0.25) is 0 Å². The highest BCUT2D eigenvalue weighted by Gasteiger charge is 2.46. The Hall–Kier alpha value is -1.35. The molecule has 1 heterocycles. The number of carboxylic acids is 1. The van der Waals surface area contributed by atoms with Crippen LogP contribution in [0.4, 0.5) is 0 Å². The van der Waals surface area contributed by atoms with Crippen molar-refractivity contribution in [1.29, 1.82) is 0 Å². The first kappa shape index (κ1) is 11.1.